The number of piperazine rings is 1. The highest BCUT2D eigenvalue weighted by Crippen LogP contribution is 2.18. The van der Waals surface area contributed by atoms with Crippen molar-refractivity contribution in [2.45, 2.75) is 66.0 Å². The minimum atomic E-state index is 0.687. The Hall–Kier alpha value is -0.0800. The summed E-state index contributed by atoms with van der Waals surface area (Å²) in [5, 5.41) is 3.73. The summed E-state index contributed by atoms with van der Waals surface area (Å²) in [5.41, 5.74) is 0. The zero-order valence-corrected chi connectivity index (χ0v) is 12.5. The van der Waals surface area contributed by atoms with Gasteiger partial charge in [0.05, 0.1) is 0 Å². The summed E-state index contributed by atoms with van der Waals surface area (Å²) in [7, 11) is 0. The third-order valence-electron chi connectivity index (χ3n) is 4.23. The lowest BCUT2D eigenvalue weighted by Crippen LogP contribution is -2.58. The molecular formula is C15H32N2. The molecule has 0 aromatic carbocycles. The van der Waals surface area contributed by atoms with Gasteiger partial charge in [-0.1, -0.05) is 47.5 Å². The Morgan fingerprint density at radius 1 is 1.24 bits per heavy atom. The summed E-state index contributed by atoms with van der Waals surface area (Å²) >= 11 is 0. The Kier molecular flexibility index (Phi) is 6.50. The van der Waals surface area contributed by atoms with Gasteiger partial charge in [-0.3, -0.25) is 4.90 Å². The average Bonchev–Trinajstić information content (AvgIpc) is 2.31. The first-order valence-electron chi connectivity index (χ1n) is 7.55. The van der Waals surface area contributed by atoms with Crippen LogP contribution in [0.2, 0.25) is 0 Å². The van der Waals surface area contributed by atoms with E-state index in [0.29, 0.717) is 6.04 Å². The van der Waals surface area contributed by atoms with Crippen LogP contribution in [0.1, 0.15) is 53.9 Å². The zero-order valence-electron chi connectivity index (χ0n) is 12.5. The van der Waals surface area contributed by atoms with E-state index in [-0.39, 0.29) is 0 Å². The lowest BCUT2D eigenvalue weighted by Gasteiger charge is -2.43. The minimum Gasteiger partial charge on any atom is -0.311 e. The summed E-state index contributed by atoms with van der Waals surface area (Å²) in [6.07, 6.45) is 3.94. The summed E-state index contributed by atoms with van der Waals surface area (Å²) in [4.78, 5) is 2.75. The Bertz CT molecular complexity index is 203. The molecule has 1 heterocycles. The zero-order chi connectivity index (χ0) is 12.8. The second-order valence-electron chi connectivity index (χ2n) is 6.17. The average molecular weight is 240 g/mol. The second kappa shape index (κ2) is 7.38. The fourth-order valence-electron chi connectivity index (χ4n) is 2.70. The number of rotatable bonds is 6. The van der Waals surface area contributed by atoms with Crippen LogP contribution < -0.4 is 5.32 Å². The standard InChI is InChI=1S/C15H32N2/c1-6-8-14-9-16-15(12(3)4)11-17(14)10-13(5)7-2/h12-16H,6-11H2,1-5H3. The Morgan fingerprint density at radius 2 is 1.94 bits per heavy atom. The van der Waals surface area contributed by atoms with Crippen molar-refractivity contribution in [2.75, 3.05) is 19.6 Å². The highest BCUT2D eigenvalue weighted by Gasteiger charge is 2.29. The maximum atomic E-state index is 3.73. The molecule has 0 aliphatic carbocycles. The number of nitrogens with zero attached hydrogens (tertiary/aromatic N) is 1. The van der Waals surface area contributed by atoms with Gasteiger partial charge in [0.25, 0.3) is 0 Å². The summed E-state index contributed by atoms with van der Waals surface area (Å²) in [5.74, 6) is 1.58. The molecule has 0 aromatic heterocycles. The van der Waals surface area contributed by atoms with Crippen LogP contribution in [-0.2, 0) is 0 Å². The maximum Gasteiger partial charge on any atom is 0.0221 e. The van der Waals surface area contributed by atoms with E-state index in [0.717, 1.165) is 17.9 Å². The molecule has 3 unspecified atom stereocenters. The third-order valence-corrected chi connectivity index (χ3v) is 4.23. The molecule has 1 fully saturated rings. The first-order valence-corrected chi connectivity index (χ1v) is 7.55. The van der Waals surface area contributed by atoms with E-state index in [1.54, 1.807) is 0 Å². The minimum absolute atomic E-state index is 0.687. The van der Waals surface area contributed by atoms with Gasteiger partial charge in [0.2, 0.25) is 0 Å². The summed E-state index contributed by atoms with van der Waals surface area (Å²) < 4.78 is 0. The molecule has 0 saturated carbocycles. The molecule has 3 atom stereocenters. The molecule has 2 nitrogen and oxygen atoms in total. The van der Waals surface area contributed by atoms with Crippen LogP contribution in [0.3, 0.4) is 0 Å². The van der Waals surface area contributed by atoms with Gasteiger partial charge < -0.3 is 5.32 Å². The van der Waals surface area contributed by atoms with Gasteiger partial charge in [-0.2, -0.15) is 0 Å². The molecule has 0 amide bonds. The molecule has 1 aliphatic heterocycles. The van der Waals surface area contributed by atoms with Crippen molar-refractivity contribution in [3.05, 3.63) is 0 Å². The maximum absolute atomic E-state index is 3.73. The van der Waals surface area contributed by atoms with E-state index in [9.17, 15) is 0 Å². The smallest absolute Gasteiger partial charge is 0.0221 e. The van der Waals surface area contributed by atoms with Crippen molar-refractivity contribution >= 4 is 0 Å². The predicted molar refractivity (Wildman–Crippen MR) is 76.4 cm³/mol. The topological polar surface area (TPSA) is 15.3 Å². The van der Waals surface area contributed by atoms with Crippen molar-refractivity contribution in [3.8, 4) is 0 Å². The van der Waals surface area contributed by atoms with Crippen LogP contribution in [0.25, 0.3) is 0 Å². The van der Waals surface area contributed by atoms with E-state index in [1.807, 2.05) is 0 Å². The first kappa shape index (κ1) is 15.0. The molecule has 17 heavy (non-hydrogen) atoms. The van der Waals surface area contributed by atoms with Gasteiger partial charge in [-0.05, 0) is 18.3 Å². The Labute approximate surface area is 108 Å². The SMILES string of the molecule is CCCC1CNC(C(C)C)CN1CC(C)CC. The molecule has 102 valence electrons. The van der Waals surface area contributed by atoms with Crippen molar-refractivity contribution < 1.29 is 0 Å². The van der Waals surface area contributed by atoms with Crippen LogP contribution in [0.4, 0.5) is 0 Å². The van der Waals surface area contributed by atoms with Gasteiger partial charge in [0.15, 0.2) is 0 Å². The Balaban J connectivity index is 2.55. The van der Waals surface area contributed by atoms with E-state index < -0.39 is 0 Å². The van der Waals surface area contributed by atoms with Crippen LogP contribution >= 0.6 is 0 Å². The van der Waals surface area contributed by atoms with E-state index in [1.165, 1.54) is 38.9 Å². The van der Waals surface area contributed by atoms with E-state index >= 15 is 0 Å². The van der Waals surface area contributed by atoms with Gasteiger partial charge >= 0.3 is 0 Å². The van der Waals surface area contributed by atoms with Crippen LogP contribution in [0.15, 0.2) is 0 Å². The number of hydrogen-bond donors (Lipinski definition) is 1. The number of nitrogens with one attached hydrogen (secondary N) is 1. The highest BCUT2D eigenvalue weighted by molar-refractivity contribution is 4.87. The third kappa shape index (κ3) is 4.59. The fourth-order valence-corrected chi connectivity index (χ4v) is 2.70. The van der Waals surface area contributed by atoms with Crippen LogP contribution in [0, 0.1) is 11.8 Å². The van der Waals surface area contributed by atoms with Crippen LogP contribution in [0.5, 0.6) is 0 Å². The molecule has 1 aliphatic rings. The second-order valence-corrected chi connectivity index (χ2v) is 6.17. The quantitative estimate of drug-likeness (QED) is 0.767. The Morgan fingerprint density at radius 3 is 2.47 bits per heavy atom. The molecule has 1 rings (SSSR count). The van der Waals surface area contributed by atoms with Crippen LogP contribution in [-0.4, -0.2) is 36.6 Å². The molecule has 2 heteroatoms. The molecule has 0 bridgehead atoms. The highest BCUT2D eigenvalue weighted by atomic mass is 15.2. The molecule has 1 saturated heterocycles. The first-order chi connectivity index (χ1) is 8.08. The molecular weight excluding hydrogens is 208 g/mol. The summed E-state index contributed by atoms with van der Waals surface area (Å²) in [6, 6.07) is 1.45. The normalized spacial score (nSPS) is 28.6. The van der Waals surface area contributed by atoms with Gasteiger partial charge in [0.1, 0.15) is 0 Å². The molecule has 1 N–H and O–H groups in total. The number of hydrogen-bond acceptors (Lipinski definition) is 2. The van der Waals surface area contributed by atoms with Crippen molar-refractivity contribution in [1.29, 1.82) is 0 Å². The van der Waals surface area contributed by atoms with E-state index in [2.05, 4.69) is 44.8 Å². The lowest BCUT2D eigenvalue weighted by atomic mass is 9.96. The molecule has 0 radical (unpaired) electrons. The summed E-state index contributed by atoms with van der Waals surface area (Å²) in [6.45, 7) is 15.4. The molecule has 0 spiro atoms. The van der Waals surface area contributed by atoms with Gasteiger partial charge in [-0.25, -0.2) is 0 Å². The predicted octanol–water partition coefficient (Wildman–Crippen LogP) is 3.13. The van der Waals surface area contributed by atoms with Gasteiger partial charge in [-0.15, -0.1) is 0 Å². The van der Waals surface area contributed by atoms with Gasteiger partial charge in [0, 0.05) is 31.7 Å². The van der Waals surface area contributed by atoms with Crippen molar-refractivity contribution in [3.63, 3.8) is 0 Å². The van der Waals surface area contributed by atoms with Crippen molar-refractivity contribution in [1.82, 2.24) is 10.2 Å². The largest absolute Gasteiger partial charge is 0.311 e. The van der Waals surface area contributed by atoms with Crippen molar-refractivity contribution in [2.24, 2.45) is 11.8 Å². The molecule has 0 aromatic rings. The fraction of sp³-hybridized carbons (Fsp3) is 1.00. The lowest BCUT2D eigenvalue weighted by molar-refractivity contribution is 0.0916. The monoisotopic (exact) mass is 240 g/mol. The van der Waals surface area contributed by atoms with E-state index in [4.69, 9.17) is 0 Å².